The average molecular weight is 547 g/mol. The molecule has 8 aromatic carbocycles. The number of furan rings is 1. The Balaban J connectivity index is 1.24. The van der Waals surface area contributed by atoms with Gasteiger partial charge < -0.3 is 4.42 Å². The van der Waals surface area contributed by atoms with Gasteiger partial charge in [0.05, 0.1) is 0 Å². The van der Waals surface area contributed by atoms with E-state index in [4.69, 9.17) is 4.42 Å². The van der Waals surface area contributed by atoms with Gasteiger partial charge in [0.15, 0.2) is 0 Å². The lowest BCUT2D eigenvalue weighted by Crippen LogP contribution is -1.90. The van der Waals surface area contributed by atoms with Crippen LogP contribution in [0.3, 0.4) is 0 Å². The number of rotatable bonds is 3. The summed E-state index contributed by atoms with van der Waals surface area (Å²) in [6.45, 7) is 0. The maximum atomic E-state index is 6.35. The van der Waals surface area contributed by atoms with Crippen molar-refractivity contribution < 1.29 is 4.42 Å². The molecule has 0 N–H and O–H groups in total. The highest BCUT2D eigenvalue weighted by atomic mass is 16.3. The van der Waals surface area contributed by atoms with Crippen LogP contribution in [0.15, 0.2) is 162 Å². The third-order valence-corrected chi connectivity index (χ3v) is 8.84. The molecule has 0 amide bonds. The normalized spacial score (nSPS) is 11.7. The highest BCUT2D eigenvalue weighted by Crippen LogP contribution is 2.44. The van der Waals surface area contributed by atoms with E-state index in [2.05, 4.69) is 146 Å². The van der Waals surface area contributed by atoms with Crippen molar-refractivity contribution in [3.05, 3.63) is 158 Å². The van der Waals surface area contributed by atoms with Crippen molar-refractivity contribution in [2.45, 2.75) is 0 Å². The molecular formula is C42H26O. The van der Waals surface area contributed by atoms with Crippen LogP contribution in [-0.4, -0.2) is 0 Å². The molecule has 0 aliphatic rings. The van der Waals surface area contributed by atoms with E-state index in [1.807, 2.05) is 12.1 Å². The number of para-hydroxylation sites is 2. The first kappa shape index (κ1) is 24.0. The minimum Gasteiger partial charge on any atom is -0.455 e. The molecule has 0 bridgehead atoms. The van der Waals surface area contributed by atoms with Crippen LogP contribution in [0, 0.1) is 0 Å². The Morgan fingerprint density at radius 3 is 1.51 bits per heavy atom. The summed E-state index contributed by atoms with van der Waals surface area (Å²) in [5.41, 5.74) is 9.19. The van der Waals surface area contributed by atoms with Crippen LogP contribution in [0.25, 0.3) is 87.6 Å². The Labute approximate surface area is 249 Å². The molecule has 9 aromatic rings. The largest absolute Gasteiger partial charge is 0.455 e. The molecule has 0 saturated heterocycles. The second-order valence-electron chi connectivity index (χ2n) is 11.3. The van der Waals surface area contributed by atoms with E-state index >= 15 is 0 Å². The van der Waals surface area contributed by atoms with Gasteiger partial charge in [-0.25, -0.2) is 0 Å². The van der Waals surface area contributed by atoms with Crippen molar-refractivity contribution in [2.24, 2.45) is 0 Å². The first-order valence-electron chi connectivity index (χ1n) is 14.8. The highest BCUT2D eigenvalue weighted by molar-refractivity contribution is 6.21. The third kappa shape index (κ3) is 3.72. The zero-order chi connectivity index (χ0) is 28.3. The molecule has 0 spiro atoms. The topological polar surface area (TPSA) is 13.1 Å². The number of hydrogen-bond acceptors (Lipinski definition) is 1. The van der Waals surface area contributed by atoms with Crippen LogP contribution in [0.4, 0.5) is 0 Å². The number of hydrogen-bond donors (Lipinski definition) is 0. The lowest BCUT2D eigenvalue weighted by molar-refractivity contribution is 0.670. The molecule has 43 heavy (non-hydrogen) atoms. The van der Waals surface area contributed by atoms with E-state index < -0.39 is 0 Å². The SMILES string of the molecule is c1ccc(-c2c3ccccc3c(-c3ccc4cc(-c5cccc6c5oc5ccccc56)ccc4c3)c3ccccc23)cc1. The average Bonchev–Trinajstić information content (AvgIpc) is 3.46. The number of benzene rings is 8. The summed E-state index contributed by atoms with van der Waals surface area (Å²) in [5, 5.41) is 9.83. The van der Waals surface area contributed by atoms with E-state index in [0.29, 0.717) is 0 Å². The van der Waals surface area contributed by atoms with E-state index in [1.165, 1.54) is 54.6 Å². The smallest absolute Gasteiger partial charge is 0.143 e. The summed E-state index contributed by atoms with van der Waals surface area (Å²) in [4.78, 5) is 0. The lowest BCUT2D eigenvalue weighted by Gasteiger charge is -2.18. The zero-order valence-electron chi connectivity index (χ0n) is 23.4. The Hall–Kier alpha value is -5.66. The van der Waals surface area contributed by atoms with Gasteiger partial charge >= 0.3 is 0 Å². The molecule has 1 aromatic heterocycles. The summed E-state index contributed by atoms with van der Waals surface area (Å²) in [5.74, 6) is 0. The third-order valence-electron chi connectivity index (χ3n) is 8.84. The Morgan fingerprint density at radius 2 is 0.837 bits per heavy atom. The molecular weight excluding hydrogens is 520 g/mol. The Morgan fingerprint density at radius 1 is 0.326 bits per heavy atom. The van der Waals surface area contributed by atoms with Crippen molar-refractivity contribution in [1.29, 1.82) is 0 Å². The van der Waals surface area contributed by atoms with Gasteiger partial charge in [-0.05, 0) is 78.3 Å². The van der Waals surface area contributed by atoms with Crippen molar-refractivity contribution in [3.63, 3.8) is 0 Å². The van der Waals surface area contributed by atoms with Crippen molar-refractivity contribution in [1.82, 2.24) is 0 Å². The fourth-order valence-electron chi connectivity index (χ4n) is 6.90. The maximum absolute atomic E-state index is 6.35. The van der Waals surface area contributed by atoms with Gasteiger partial charge in [-0.1, -0.05) is 140 Å². The number of fused-ring (bicyclic) bond motifs is 6. The standard InChI is InChI=1S/C42H26O/c1-2-11-27(12-3-1)40-34-14-4-6-16-36(34)41(37-17-7-5-15-35(37)40)31-24-22-28-25-30(23-21-29(28)26-31)32-18-10-19-38-33-13-8-9-20-39(33)43-42(32)38/h1-26H. The van der Waals surface area contributed by atoms with E-state index in [-0.39, 0.29) is 0 Å². The summed E-state index contributed by atoms with van der Waals surface area (Å²) in [6.07, 6.45) is 0. The predicted molar refractivity (Wildman–Crippen MR) is 183 cm³/mol. The van der Waals surface area contributed by atoms with Gasteiger partial charge in [0.1, 0.15) is 11.2 Å². The van der Waals surface area contributed by atoms with Gasteiger partial charge in [-0.3, -0.25) is 0 Å². The molecule has 1 heterocycles. The Bertz CT molecular complexity index is 2440. The van der Waals surface area contributed by atoms with E-state index in [0.717, 1.165) is 33.1 Å². The molecule has 0 fully saturated rings. The molecule has 0 aliphatic heterocycles. The maximum Gasteiger partial charge on any atom is 0.143 e. The van der Waals surface area contributed by atoms with Crippen LogP contribution >= 0.6 is 0 Å². The summed E-state index contributed by atoms with van der Waals surface area (Å²) in [7, 11) is 0. The molecule has 0 radical (unpaired) electrons. The fraction of sp³-hybridized carbons (Fsp3) is 0. The van der Waals surface area contributed by atoms with Gasteiger partial charge in [-0.15, -0.1) is 0 Å². The quantitative estimate of drug-likeness (QED) is 0.201. The van der Waals surface area contributed by atoms with E-state index in [9.17, 15) is 0 Å². The van der Waals surface area contributed by atoms with E-state index in [1.54, 1.807) is 0 Å². The molecule has 0 unspecified atom stereocenters. The molecule has 0 atom stereocenters. The second-order valence-corrected chi connectivity index (χ2v) is 11.3. The fourth-order valence-corrected chi connectivity index (χ4v) is 6.90. The molecule has 0 aliphatic carbocycles. The van der Waals surface area contributed by atoms with Crippen LogP contribution < -0.4 is 0 Å². The minimum atomic E-state index is 0.924. The van der Waals surface area contributed by atoms with Crippen LogP contribution in [0.1, 0.15) is 0 Å². The molecule has 0 saturated carbocycles. The van der Waals surface area contributed by atoms with Gasteiger partial charge in [0.25, 0.3) is 0 Å². The molecule has 1 nitrogen and oxygen atoms in total. The lowest BCUT2D eigenvalue weighted by atomic mass is 9.85. The Kier molecular flexibility index (Phi) is 5.27. The van der Waals surface area contributed by atoms with Crippen LogP contribution in [0.5, 0.6) is 0 Å². The predicted octanol–water partition coefficient (Wildman–Crippen LogP) is 12.0. The zero-order valence-corrected chi connectivity index (χ0v) is 23.4. The summed E-state index contributed by atoms with van der Waals surface area (Å²) in [6, 6.07) is 56.8. The first-order chi connectivity index (χ1) is 21.3. The summed E-state index contributed by atoms with van der Waals surface area (Å²) < 4.78 is 6.35. The van der Waals surface area contributed by atoms with Crippen molar-refractivity contribution in [3.8, 4) is 33.4 Å². The molecule has 200 valence electrons. The van der Waals surface area contributed by atoms with Gasteiger partial charge in [-0.2, -0.15) is 0 Å². The minimum absolute atomic E-state index is 0.924. The van der Waals surface area contributed by atoms with Gasteiger partial charge in [0, 0.05) is 16.3 Å². The van der Waals surface area contributed by atoms with Crippen LogP contribution in [-0.2, 0) is 0 Å². The second kappa shape index (κ2) is 9.44. The van der Waals surface area contributed by atoms with Crippen molar-refractivity contribution >= 4 is 54.3 Å². The molecule has 9 rings (SSSR count). The first-order valence-corrected chi connectivity index (χ1v) is 14.8. The van der Waals surface area contributed by atoms with Crippen LogP contribution in [0.2, 0.25) is 0 Å². The molecule has 1 heteroatoms. The van der Waals surface area contributed by atoms with Gasteiger partial charge in [0.2, 0.25) is 0 Å². The summed E-state index contributed by atoms with van der Waals surface area (Å²) >= 11 is 0. The van der Waals surface area contributed by atoms with Crippen molar-refractivity contribution in [2.75, 3.05) is 0 Å². The monoisotopic (exact) mass is 546 g/mol. The highest BCUT2D eigenvalue weighted by Gasteiger charge is 2.17.